The minimum atomic E-state index is -4.80. The van der Waals surface area contributed by atoms with Crippen molar-refractivity contribution >= 4 is 23.2 Å². The SMILES string of the molecule is O=C(CCc1cccc(F)c1)Nc1ccc(NC(=O)c2ccc(F)cc2)cc1C(F)(F)F. The molecule has 0 fully saturated rings. The first kappa shape index (κ1) is 22.9. The minimum absolute atomic E-state index is 0.0645. The van der Waals surface area contributed by atoms with Gasteiger partial charge in [0.15, 0.2) is 0 Å². The third kappa shape index (κ3) is 6.13. The lowest BCUT2D eigenvalue weighted by atomic mass is 10.1. The zero-order valence-electron chi connectivity index (χ0n) is 16.5. The summed E-state index contributed by atoms with van der Waals surface area (Å²) in [5.41, 5.74) is -1.16. The molecule has 0 aliphatic rings. The van der Waals surface area contributed by atoms with Crippen LogP contribution in [-0.2, 0) is 17.4 Å². The molecule has 3 rings (SSSR count). The van der Waals surface area contributed by atoms with Crippen LogP contribution in [0.4, 0.5) is 33.3 Å². The van der Waals surface area contributed by atoms with Crippen molar-refractivity contribution in [1.82, 2.24) is 0 Å². The van der Waals surface area contributed by atoms with Crippen LogP contribution in [0.15, 0.2) is 66.7 Å². The topological polar surface area (TPSA) is 58.2 Å². The lowest BCUT2D eigenvalue weighted by Gasteiger charge is -2.16. The number of aryl methyl sites for hydroxylation is 1. The Morgan fingerprint density at radius 2 is 1.53 bits per heavy atom. The summed E-state index contributed by atoms with van der Waals surface area (Å²) in [6.45, 7) is 0. The normalized spacial score (nSPS) is 11.2. The molecule has 32 heavy (non-hydrogen) atoms. The third-order valence-electron chi connectivity index (χ3n) is 4.49. The standard InChI is InChI=1S/C23H17F5N2O2/c24-16-7-5-15(6-8-16)22(32)29-18-9-10-20(19(13-18)23(26,27)28)30-21(31)11-4-14-2-1-3-17(25)12-14/h1-3,5-10,12-13H,4,11H2,(H,29,32)(H,30,31). The summed E-state index contributed by atoms with van der Waals surface area (Å²) in [6, 6.07) is 13.0. The van der Waals surface area contributed by atoms with Crippen LogP contribution in [0, 0.1) is 11.6 Å². The maximum atomic E-state index is 13.5. The zero-order valence-corrected chi connectivity index (χ0v) is 16.5. The van der Waals surface area contributed by atoms with Crippen LogP contribution >= 0.6 is 0 Å². The molecule has 0 spiro atoms. The Morgan fingerprint density at radius 1 is 0.812 bits per heavy atom. The Morgan fingerprint density at radius 3 is 2.19 bits per heavy atom. The average Bonchev–Trinajstić information content (AvgIpc) is 2.73. The van der Waals surface area contributed by atoms with Gasteiger partial charge in [0.2, 0.25) is 5.91 Å². The number of halogens is 5. The smallest absolute Gasteiger partial charge is 0.325 e. The van der Waals surface area contributed by atoms with Crippen molar-refractivity contribution in [3.63, 3.8) is 0 Å². The van der Waals surface area contributed by atoms with E-state index >= 15 is 0 Å². The Hall–Kier alpha value is -3.75. The van der Waals surface area contributed by atoms with E-state index in [1.54, 1.807) is 6.07 Å². The second-order valence-electron chi connectivity index (χ2n) is 6.90. The van der Waals surface area contributed by atoms with Crippen LogP contribution < -0.4 is 10.6 Å². The molecule has 4 nitrogen and oxygen atoms in total. The van der Waals surface area contributed by atoms with Gasteiger partial charge in [0.25, 0.3) is 5.91 Å². The highest BCUT2D eigenvalue weighted by molar-refractivity contribution is 6.04. The van der Waals surface area contributed by atoms with E-state index in [2.05, 4.69) is 10.6 Å². The quantitative estimate of drug-likeness (QED) is 0.468. The van der Waals surface area contributed by atoms with Crippen LogP contribution in [0.2, 0.25) is 0 Å². The number of rotatable bonds is 6. The van der Waals surface area contributed by atoms with Crippen molar-refractivity contribution in [2.45, 2.75) is 19.0 Å². The molecular formula is C23H17F5N2O2. The largest absolute Gasteiger partial charge is 0.418 e. The molecule has 9 heteroatoms. The molecule has 0 aromatic heterocycles. The van der Waals surface area contributed by atoms with Gasteiger partial charge in [-0.2, -0.15) is 13.2 Å². The van der Waals surface area contributed by atoms with Crippen molar-refractivity contribution in [3.05, 3.63) is 95.1 Å². The number of hydrogen-bond donors (Lipinski definition) is 2. The van der Waals surface area contributed by atoms with E-state index in [1.807, 2.05) is 0 Å². The van der Waals surface area contributed by atoms with E-state index in [4.69, 9.17) is 0 Å². The number of carbonyl (C=O) groups is 2. The number of anilines is 2. The van der Waals surface area contributed by atoms with Crippen molar-refractivity contribution < 1.29 is 31.5 Å². The first-order chi connectivity index (χ1) is 15.1. The molecule has 0 unspecified atom stereocenters. The molecule has 0 atom stereocenters. The summed E-state index contributed by atoms with van der Waals surface area (Å²) >= 11 is 0. The molecule has 0 saturated carbocycles. The summed E-state index contributed by atoms with van der Waals surface area (Å²) in [5, 5.41) is 4.53. The van der Waals surface area contributed by atoms with Gasteiger partial charge in [-0.1, -0.05) is 12.1 Å². The van der Waals surface area contributed by atoms with E-state index in [1.165, 1.54) is 36.4 Å². The fourth-order valence-electron chi connectivity index (χ4n) is 2.93. The summed E-state index contributed by atoms with van der Waals surface area (Å²) in [6.07, 6.45) is -4.80. The van der Waals surface area contributed by atoms with Gasteiger partial charge < -0.3 is 10.6 Å². The number of alkyl halides is 3. The van der Waals surface area contributed by atoms with Gasteiger partial charge in [0, 0.05) is 17.7 Å². The van der Waals surface area contributed by atoms with E-state index in [9.17, 15) is 31.5 Å². The van der Waals surface area contributed by atoms with Crippen LogP contribution in [0.25, 0.3) is 0 Å². The van der Waals surface area contributed by atoms with Gasteiger partial charge in [0.05, 0.1) is 11.3 Å². The summed E-state index contributed by atoms with van der Waals surface area (Å²) in [5.74, 6) is -2.42. The fraction of sp³-hybridized carbons (Fsp3) is 0.130. The Bertz CT molecular complexity index is 1130. The van der Waals surface area contributed by atoms with E-state index in [0.717, 1.165) is 18.2 Å². The van der Waals surface area contributed by atoms with Gasteiger partial charge in [-0.25, -0.2) is 8.78 Å². The molecule has 0 heterocycles. The van der Waals surface area contributed by atoms with Crippen molar-refractivity contribution in [2.24, 2.45) is 0 Å². The van der Waals surface area contributed by atoms with Crippen LogP contribution in [0.3, 0.4) is 0 Å². The Kier molecular flexibility index (Phi) is 6.87. The predicted molar refractivity (Wildman–Crippen MR) is 109 cm³/mol. The van der Waals surface area contributed by atoms with Crippen LogP contribution in [0.5, 0.6) is 0 Å². The van der Waals surface area contributed by atoms with Gasteiger partial charge in [-0.05, 0) is 66.6 Å². The van der Waals surface area contributed by atoms with Crippen molar-refractivity contribution in [2.75, 3.05) is 10.6 Å². The molecule has 0 aliphatic carbocycles. The number of amides is 2. The van der Waals surface area contributed by atoms with Crippen LogP contribution in [-0.4, -0.2) is 11.8 Å². The molecule has 3 aromatic carbocycles. The summed E-state index contributed by atoms with van der Waals surface area (Å²) in [4.78, 5) is 24.3. The van der Waals surface area contributed by atoms with Crippen molar-refractivity contribution in [3.8, 4) is 0 Å². The minimum Gasteiger partial charge on any atom is -0.325 e. The number of carbonyl (C=O) groups excluding carboxylic acids is 2. The van der Waals surface area contributed by atoms with E-state index < -0.39 is 40.9 Å². The van der Waals surface area contributed by atoms with Gasteiger partial charge in [0.1, 0.15) is 11.6 Å². The first-order valence-corrected chi connectivity index (χ1v) is 9.44. The molecule has 0 radical (unpaired) electrons. The molecular weight excluding hydrogens is 431 g/mol. The lowest BCUT2D eigenvalue weighted by Crippen LogP contribution is -2.18. The third-order valence-corrected chi connectivity index (χ3v) is 4.49. The highest BCUT2D eigenvalue weighted by atomic mass is 19.4. The summed E-state index contributed by atoms with van der Waals surface area (Å²) in [7, 11) is 0. The monoisotopic (exact) mass is 448 g/mol. The lowest BCUT2D eigenvalue weighted by molar-refractivity contribution is -0.136. The summed E-state index contributed by atoms with van der Waals surface area (Å²) < 4.78 is 66.8. The number of nitrogens with one attached hydrogen (secondary N) is 2. The van der Waals surface area contributed by atoms with Gasteiger partial charge in [-0.3, -0.25) is 9.59 Å². The Labute approximate surface area is 180 Å². The molecule has 0 aliphatic heterocycles. The first-order valence-electron chi connectivity index (χ1n) is 9.44. The second-order valence-corrected chi connectivity index (χ2v) is 6.90. The number of hydrogen-bond acceptors (Lipinski definition) is 2. The van der Waals surface area contributed by atoms with Crippen LogP contribution in [0.1, 0.15) is 27.9 Å². The zero-order chi connectivity index (χ0) is 23.3. The molecule has 0 saturated heterocycles. The Balaban J connectivity index is 1.72. The van der Waals surface area contributed by atoms with Gasteiger partial charge in [-0.15, -0.1) is 0 Å². The molecule has 3 aromatic rings. The molecule has 0 bridgehead atoms. The highest BCUT2D eigenvalue weighted by Crippen LogP contribution is 2.36. The molecule has 166 valence electrons. The van der Waals surface area contributed by atoms with Gasteiger partial charge >= 0.3 is 6.18 Å². The predicted octanol–water partition coefficient (Wildman–Crippen LogP) is 5.81. The average molecular weight is 448 g/mol. The molecule has 2 N–H and O–H groups in total. The second kappa shape index (κ2) is 9.59. The fourth-order valence-corrected chi connectivity index (χ4v) is 2.93. The molecule has 2 amide bonds. The van der Waals surface area contributed by atoms with E-state index in [-0.39, 0.29) is 24.1 Å². The van der Waals surface area contributed by atoms with E-state index in [0.29, 0.717) is 11.6 Å². The maximum absolute atomic E-state index is 13.5. The van der Waals surface area contributed by atoms with Crippen molar-refractivity contribution in [1.29, 1.82) is 0 Å². The maximum Gasteiger partial charge on any atom is 0.418 e. The number of benzene rings is 3. The highest BCUT2D eigenvalue weighted by Gasteiger charge is 2.34.